The summed E-state index contributed by atoms with van der Waals surface area (Å²) < 4.78 is 5.09. The van der Waals surface area contributed by atoms with Crippen LogP contribution in [0.3, 0.4) is 0 Å². The average Bonchev–Trinajstić information content (AvgIpc) is 3.31. The molecule has 0 radical (unpaired) electrons. The average molecular weight is 372 g/mol. The number of nitrogens with zero attached hydrogens (tertiary/aromatic N) is 2. The van der Waals surface area contributed by atoms with Gasteiger partial charge in [-0.05, 0) is 23.6 Å². The first-order chi connectivity index (χ1) is 12.1. The summed E-state index contributed by atoms with van der Waals surface area (Å²) in [6.07, 6.45) is 0.0585. The van der Waals surface area contributed by atoms with Crippen LogP contribution in [-0.4, -0.2) is 30.5 Å². The maximum absolute atomic E-state index is 12.1. The molecular weight excluding hydrogens is 356 g/mol. The highest BCUT2D eigenvalue weighted by Crippen LogP contribution is 2.25. The third kappa shape index (κ3) is 4.52. The SMILES string of the molecule is CN(C(=O)COC(=O)Cc1csc(-c2ccsc2)n1)c1ccccc1. The van der Waals surface area contributed by atoms with E-state index in [1.54, 1.807) is 18.4 Å². The molecule has 0 aliphatic rings. The Morgan fingerprint density at radius 2 is 1.96 bits per heavy atom. The summed E-state index contributed by atoms with van der Waals surface area (Å²) in [4.78, 5) is 29.9. The molecule has 0 aliphatic carbocycles. The first kappa shape index (κ1) is 17.3. The Hall–Kier alpha value is -2.51. The topological polar surface area (TPSA) is 59.5 Å². The van der Waals surface area contributed by atoms with Gasteiger partial charge in [0.15, 0.2) is 6.61 Å². The number of carbonyl (C=O) groups is 2. The van der Waals surface area contributed by atoms with Crippen LogP contribution in [0, 0.1) is 0 Å². The molecule has 7 heteroatoms. The van der Waals surface area contributed by atoms with Gasteiger partial charge >= 0.3 is 5.97 Å². The number of para-hydroxylation sites is 1. The van der Waals surface area contributed by atoms with Gasteiger partial charge in [-0.3, -0.25) is 9.59 Å². The molecule has 128 valence electrons. The van der Waals surface area contributed by atoms with Gasteiger partial charge in [0.25, 0.3) is 5.91 Å². The van der Waals surface area contributed by atoms with Gasteiger partial charge in [-0.2, -0.15) is 11.3 Å². The fourth-order valence-corrected chi connectivity index (χ4v) is 3.67. The number of hydrogen-bond acceptors (Lipinski definition) is 6. The molecule has 3 rings (SSSR count). The molecule has 0 atom stereocenters. The molecule has 25 heavy (non-hydrogen) atoms. The summed E-state index contributed by atoms with van der Waals surface area (Å²) in [5.41, 5.74) is 2.46. The lowest BCUT2D eigenvalue weighted by Crippen LogP contribution is -2.31. The number of benzene rings is 1. The van der Waals surface area contributed by atoms with E-state index in [1.165, 1.54) is 16.2 Å². The number of hydrogen-bond donors (Lipinski definition) is 0. The van der Waals surface area contributed by atoms with Crippen LogP contribution >= 0.6 is 22.7 Å². The van der Waals surface area contributed by atoms with Gasteiger partial charge in [0.05, 0.1) is 12.1 Å². The lowest BCUT2D eigenvalue weighted by molar-refractivity contribution is -0.147. The van der Waals surface area contributed by atoms with E-state index >= 15 is 0 Å². The molecule has 0 N–H and O–H groups in total. The number of esters is 1. The highest BCUT2D eigenvalue weighted by molar-refractivity contribution is 7.14. The Kier molecular flexibility index (Phi) is 5.57. The van der Waals surface area contributed by atoms with Gasteiger partial charge < -0.3 is 9.64 Å². The molecule has 3 aromatic rings. The summed E-state index contributed by atoms with van der Waals surface area (Å²) in [5, 5.41) is 6.72. The van der Waals surface area contributed by atoms with Gasteiger partial charge in [-0.25, -0.2) is 4.98 Å². The lowest BCUT2D eigenvalue weighted by Gasteiger charge is -2.16. The molecule has 0 bridgehead atoms. The smallest absolute Gasteiger partial charge is 0.312 e. The molecule has 0 spiro atoms. The summed E-state index contributed by atoms with van der Waals surface area (Å²) in [5.74, 6) is -0.742. The molecule has 0 aliphatic heterocycles. The van der Waals surface area contributed by atoms with Crippen LogP contribution in [0.2, 0.25) is 0 Å². The number of anilines is 1. The predicted molar refractivity (Wildman–Crippen MR) is 99.9 cm³/mol. The summed E-state index contributed by atoms with van der Waals surface area (Å²) in [6, 6.07) is 11.2. The lowest BCUT2D eigenvalue weighted by atomic mass is 10.3. The summed E-state index contributed by atoms with van der Waals surface area (Å²) in [6.45, 7) is -0.286. The van der Waals surface area contributed by atoms with Crippen LogP contribution in [0.25, 0.3) is 10.6 Å². The molecule has 2 aromatic heterocycles. The van der Waals surface area contributed by atoms with Crippen LogP contribution in [-0.2, 0) is 20.7 Å². The van der Waals surface area contributed by atoms with Crippen LogP contribution < -0.4 is 4.90 Å². The second kappa shape index (κ2) is 8.04. The number of ether oxygens (including phenoxy) is 1. The van der Waals surface area contributed by atoms with Crippen molar-refractivity contribution in [3.05, 3.63) is 58.2 Å². The van der Waals surface area contributed by atoms with Crippen molar-refractivity contribution >= 4 is 40.2 Å². The maximum Gasteiger partial charge on any atom is 0.312 e. The number of aromatic nitrogens is 1. The second-order valence-corrected chi connectivity index (χ2v) is 6.92. The highest BCUT2D eigenvalue weighted by Gasteiger charge is 2.15. The van der Waals surface area contributed by atoms with Gasteiger partial charge in [0.2, 0.25) is 0 Å². The molecular formula is C18H16N2O3S2. The van der Waals surface area contributed by atoms with Crippen LogP contribution in [0.4, 0.5) is 5.69 Å². The Morgan fingerprint density at radius 1 is 1.16 bits per heavy atom. The fourth-order valence-electron chi connectivity index (χ4n) is 2.14. The van der Waals surface area contributed by atoms with Crippen LogP contribution in [0.1, 0.15) is 5.69 Å². The first-order valence-corrected chi connectivity index (χ1v) is 9.40. The van der Waals surface area contributed by atoms with Gasteiger partial charge in [-0.1, -0.05) is 18.2 Å². The van der Waals surface area contributed by atoms with Crippen molar-refractivity contribution in [2.75, 3.05) is 18.6 Å². The van der Waals surface area contributed by atoms with E-state index in [0.29, 0.717) is 5.69 Å². The molecule has 0 saturated carbocycles. The largest absolute Gasteiger partial charge is 0.455 e. The number of thiazole rings is 1. The molecule has 2 heterocycles. The van der Waals surface area contributed by atoms with Crippen molar-refractivity contribution in [2.24, 2.45) is 0 Å². The predicted octanol–water partition coefficient (Wildman–Crippen LogP) is 3.62. The minimum absolute atomic E-state index is 0.0585. The number of likely N-dealkylation sites (N-methyl/N-ethyl adjacent to an activating group) is 1. The number of amides is 1. The number of rotatable bonds is 6. The minimum Gasteiger partial charge on any atom is -0.455 e. The molecule has 0 saturated heterocycles. The van der Waals surface area contributed by atoms with Crippen molar-refractivity contribution in [1.82, 2.24) is 4.98 Å². The van der Waals surface area contributed by atoms with E-state index in [4.69, 9.17) is 4.74 Å². The van der Waals surface area contributed by atoms with E-state index in [-0.39, 0.29) is 18.9 Å². The summed E-state index contributed by atoms with van der Waals surface area (Å²) >= 11 is 3.09. The maximum atomic E-state index is 12.1. The van der Waals surface area contributed by atoms with Crippen LogP contribution in [0.5, 0.6) is 0 Å². The van der Waals surface area contributed by atoms with E-state index in [2.05, 4.69) is 4.98 Å². The van der Waals surface area contributed by atoms with Gasteiger partial charge in [0.1, 0.15) is 5.01 Å². The van der Waals surface area contributed by atoms with Crippen molar-refractivity contribution < 1.29 is 14.3 Å². The standard InChI is InChI=1S/C18H16N2O3S2/c1-20(15-5-3-2-4-6-15)16(21)10-23-17(22)9-14-12-25-18(19-14)13-7-8-24-11-13/h2-8,11-12H,9-10H2,1H3. The van der Waals surface area contributed by atoms with E-state index in [0.717, 1.165) is 16.3 Å². The molecule has 1 amide bonds. The third-order valence-electron chi connectivity index (χ3n) is 3.52. The summed E-state index contributed by atoms with van der Waals surface area (Å²) in [7, 11) is 1.65. The van der Waals surface area contributed by atoms with Gasteiger partial charge in [-0.15, -0.1) is 11.3 Å². The van der Waals surface area contributed by atoms with Crippen molar-refractivity contribution in [2.45, 2.75) is 6.42 Å². The highest BCUT2D eigenvalue weighted by atomic mass is 32.1. The molecule has 5 nitrogen and oxygen atoms in total. The second-order valence-electron chi connectivity index (χ2n) is 5.28. The van der Waals surface area contributed by atoms with Crippen molar-refractivity contribution in [3.63, 3.8) is 0 Å². The van der Waals surface area contributed by atoms with Crippen LogP contribution in [0.15, 0.2) is 52.5 Å². The Morgan fingerprint density at radius 3 is 2.68 bits per heavy atom. The Bertz CT molecular complexity index is 844. The van der Waals surface area contributed by atoms with E-state index in [1.807, 2.05) is 52.5 Å². The monoisotopic (exact) mass is 372 g/mol. The zero-order valence-electron chi connectivity index (χ0n) is 13.5. The Labute approximate surface area is 153 Å². The van der Waals surface area contributed by atoms with Gasteiger partial charge in [0, 0.05) is 29.1 Å². The fraction of sp³-hybridized carbons (Fsp3) is 0.167. The molecule has 0 unspecified atom stereocenters. The number of carbonyl (C=O) groups excluding carboxylic acids is 2. The Balaban J connectivity index is 1.50. The van der Waals surface area contributed by atoms with Crippen molar-refractivity contribution in [3.8, 4) is 10.6 Å². The third-order valence-corrected chi connectivity index (χ3v) is 5.14. The normalized spacial score (nSPS) is 10.4. The first-order valence-electron chi connectivity index (χ1n) is 7.57. The number of thiophene rings is 1. The van der Waals surface area contributed by atoms with Crippen molar-refractivity contribution in [1.29, 1.82) is 0 Å². The minimum atomic E-state index is -0.461. The van der Waals surface area contributed by atoms with E-state index in [9.17, 15) is 9.59 Å². The van der Waals surface area contributed by atoms with E-state index < -0.39 is 5.97 Å². The molecule has 1 aromatic carbocycles. The zero-order chi connectivity index (χ0) is 17.6. The zero-order valence-corrected chi connectivity index (χ0v) is 15.2. The quantitative estimate of drug-likeness (QED) is 0.620. The molecule has 0 fully saturated rings.